The molecule has 7 heteroatoms. The number of rotatable bonds is 4. The summed E-state index contributed by atoms with van der Waals surface area (Å²) in [4.78, 5) is 11.8. The number of carbonyl (C=O) groups excluding carboxylic acids is 1. The third kappa shape index (κ3) is 5.40. The summed E-state index contributed by atoms with van der Waals surface area (Å²) < 4.78 is 5.44. The van der Waals surface area contributed by atoms with Crippen LogP contribution in [0.5, 0.6) is 5.75 Å². The second-order valence-electron chi connectivity index (χ2n) is 5.15. The van der Waals surface area contributed by atoms with E-state index in [-0.39, 0.29) is 17.6 Å². The van der Waals surface area contributed by atoms with Crippen molar-refractivity contribution in [2.45, 2.75) is 13.8 Å². The molecule has 5 nitrogen and oxygen atoms in total. The first-order chi connectivity index (χ1) is 11.5. The summed E-state index contributed by atoms with van der Waals surface area (Å²) in [7, 11) is 0. The van der Waals surface area contributed by atoms with Crippen molar-refractivity contribution in [1.82, 2.24) is 10.9 Å². The second kappa shape index (κ2) is 8.52. The molecular weight excluding hydrogens is 346 g/mol. The van der Waals surface area contributed by atoms with Gasteiger partial charge in [0, 0.05) is 10.7 Å². The molecule has 3 N–H and O–H groups in total. The molecule has 0 bridgehead atoms. The first-order valence-corrected chi connectivity index (χ1v) is 8.05. The SMILES string of the molecule is Cc1ccc(NC(=S)NNC(=O)COc2ccccc2C)cc1Cl. The summed E-state index contributed by atoms with van der Waals surface area (Å²) in [5, 5.41) is 3.82. The summed E-state index contributed by atoms with van der Waals surface area (Å²) in [6, 6.07) is 13.0. The van der Waals surface area contributed by atoms with Crippen LogP contribution >= 0.6 is 23.8 Å². The number of hydrazine groups is 1. The number of nitrogens with one attached hydrogen (secondary N) is 3. The number of benzene rings is 2. The van der Waals surface area contributed by atoms with Gasteiger partial charge in [-0.3, -0.25) is 15.6 Å². The van der Waals surface area contributed by atoms with Gasteiger partial charge in [-0.2, -0.15) is 0 Å². The zero-order valence-electron chi connectivity index (χ0n) is 13.4. The van der Waals surface area contributed by atoms with Crippen molar-refractivity contribution < 1.29 is 9.53 Å². The van der Waals surface area contributed by atoms with E-state index in [0.29, 0.717) is 10.8 Å². The number of amides is 1. The highest BCUT2D eigenvalue weighted by Gasteiger charge is 2.05. The molecule has 1 amide bonds. The minimum Gasteiger partial charge on any atom is -0.483 e. The van der Waals surface area contributed by atoms with Crippen molar-refractivity contribution in [1.29, 1.82) is 0 Å². The molecule has 0 saturated carbocycles. The van der Waals surface area contributed by atoms with E-state index in [9.17, 15) is 4.79 Å². The Morgan fingerprint density at radius 2 is 1.88 bits per heavy atom. The molecule has 0 aliphatic carbocycles. The van der Waals surface area contributed by atoms with Gasteiger partial charge in [0.15, 0.2) is 11.7 Å². The monoisotopic (exact) mass is 363 g/mol. The van der Waals surface area contributed by atoms with Crippen LogP contribution in [0.2, 0.25) is 5.02 Å². The quantitative estimate of drug-likeness (QED) is 0.574. The van der Waals surface area contributed by atoms with Crippen LogP contribution in [0.1, 0.15) is 11.1 Å². The van der Waals surface area contributed by atoms with Gasteiger partial charge in [0.05, 0.1) is 0 Å². The number of halogens is 1. The summed E-state index contributed by atoms with van der Waals surface area (Å²) in [6.45, 7) is 3.71. The molecule has 0 spiro atoms. The molecule has 0 radical (unpaired) electrons. The summed E-state index contributed by atoms with van der Waals surface area (Å²) in [6.07, 6.45) is 0. The van der Waals surface area contributed by atoms with Gasteiger partial charge in [-0.1, -0.05) is 35.9 Å². The third-order valence-electron chi connectivity index (χ3n) is 3.20. The second-order valence-corrected chi connectivity index (χ2v) is 5.96. The van der Waals surface area contributed by atoms with Crippen LogP contribution in [0.15, 0.2) is 42.5 Å². The predicted octanol–water partition coefficient (Wildman–Crippen LogP) is 3.35. The zero-order chi connectivity index (χ0) is 17.5. The largest absolute Gasteiger partial charge is 0.483 e. The van der Waals surface area contributed by atoms with E-state index in [2.05, 4.69) is 16.2 Å². The first-order valence-electron chi connectivity index (χ1n) is 7.26. The van der Waals surface area contributed by atoms with Gasteiger partial charge in [-0.25, -0.2) is 0 Å². The van der Waals surface area contributed by atoms with Gasteiger partial charge in [-0.05, 0) is 55.4 Å². The van der Waals surface area contributed by atoms with Crippen molar-refractivity contribution >= 4 is 40.5 Å². The van der Waals surface area contributed by atoms with Crippen LogP contribution in [0.3, 0.4) is 0 Å². The molecule has 0 aliphatic rings. The maximum atomic E-state index is 11.8. The lowest BCUT2D eigenvalue weighted by Crippen LogP contribution is -2.45. The van der Waals surface area contributed by atoms with Crippen LogP contribution in [0.4, 0.5) is 5.69 Å². The minimum absolute atomic E-state index is 0.114. The Labute approximate surface area is 151 Å². The van der Waals surface area contributed by atoms with Gasteiger partial charge < -0.3 is 10.1 Å². The average Bonchev–Trinajstić information content (AvgIpc) is 2.55. The van der Waals surface area contributed by atoms with E-state index in [1.54, 1.807) is 6.07 Å². The van der Waals surface area contributed by atoms with Crippen molar-refractivity contribution in [3.63, 3.8) is 0 Å². The predicted molar refractivity (Wildman–Crippen MR) is 100 cm³/mol. The van der Waals surface area contributed by atoms with Crippen molar-refractivity contribution in [3.05, 3.63) is 58.6 Å². The van der Waals surface area contributed by atoms with E-state index in [1.165, 1.54) is 0 Å². The van der Waals surface area contributed by atoms with Crippen LogP contribution in [0.25, 0.3) is 0 Å². The molecule has 0 heterocycles. The van der Waals surface area contributed by atoms with Crippen LogP contribution in [-0.4, -0.2) is 17.6 Å². The fourth-order valence-electron chi connectivity index (χ4n) is 1.86. The Morgan fingerprint density at radius 3 is 2.58 bits per heavy atom. The van der Waals surface area contributed by atoms with E-state index < -0.39 is 0 Å². The van der Waals surface area contributed by atoms with E-state index in [0.717, 1.165) is 16.8 Å². The van der Waals surface area contributed by atoms with Crippen molar-refractivity contribution in [3.8, 4) is 5.75 Å². The molecule has 2 aromatic carbocycles. The number of ether oxygens (including phenoxy) is 1. The third-order valence-corrected chi connectivity index (χ3v) is 3.81. The van der Waals surface area contributed by atoms with Gasteiger partial charge in [0.1, 0.15) is 5.75 Å². The standard InChI is InChI=1S/C17H18ClN3O2S/c1-11-7-8-13(9-14(11)18)19-17(24)21-20-16(22)10-23-15-6-4-3-5-12(15)2/h3-9H,10H2,1-2H3,(H,20,22)(H2,19,21,24). The number of aryl methyl sites for hydroxylation is 2. The number of hydrogen-bond acceptors (Lipinski definition) is 3. The first kappa shape index (κ1) is 18.0. The molecule has 0 fully saturated rings. The summed E-state index contributed by atoms with van der Waals surface area (Å²) in [5.41, 5.74) is 7.75. The maximum Gasteiger partial charge on any atom is 0.276 e. The number of anilines is 1. The lowest BCUT2D eigenvalue weighted by Gasteiger charge is -2.13. The van der Waals surface area contributed by atoms with Crippen LogP contribution < -0.4 is 20.9 Å². The Balaban J connectivity index is 1.76. The number of thiocarbonyl (C=S) groups is 1. The average molecular weight is 364 g/mol. The molecule has 0 unspecified atom stereocenters. The number of carbonyl (C=O) groups is 1. The van der Waals surface area contributed by atoms with E-state index in [4.69, 9.17) is 28.6 Å². The molecule has 0 atom stereocenters. The Morgan fingerprint density at radius 1 is 1.12 bits per heavy atom. The van der Waals surface area contributed by atoms with Crippen molar-refractivity contribution in [2.24, 2.45) is 0 Å². The van der Waals surface area contributed by atoms with Crippen LogP contribution in [0, 0.1) is 13.8 Å². The number of para-hydroxylation sites is 1. The molecule has 126 valence electrons. The number of hydrogen-bond donors (Lipinski definition) is 3. The lowest BCUT2D eigenvalue weighted by atomic mass is 10.2. The summed E-state index contributed by atoms with van der Waals surface area (Å²) in [5.74, 6) is 0.326. The Kier molecular flexibility index (Phi) is 6.40. The maximum absolute atomic E-state index is 11.8. The highest BCUT2D eigenvalue weighted by atomic mass is 35.5. The van der Waals surface area contributed by atoms with Gasteiger partial charge in [-0.15, -0.1) is 0 Å². The van der Waals surface area contributed by atoms with Crippen molar-refractivity contribution in [2.75, 3.05) is 11.9 Å². The van der Waals surface area contributed by atoms with E-state index >= 15 is 0 Å². The molecule has 0 aliphatic heterocycles. The minimum atomic E-state index is -0.343. The zero-order valence-corrected chi connectivity index (χ0v) is 14.9. The molecule has 24 heavy (non-hydrogen) atoms. The molecule has 2 aromatic rings. The highest BCUT2D eigenvalue weighted by molar-refractivity contribution is 7.80. The van der Waals surface area contributed by atoms with Gasteiger partial charge in [0.25, 0.3) is 5.91 Å². The molecule has 0 saturated heterocycles. The van der Waals surface area contributed by atoms with Gasteiger partial charge >= 0.3 is 0 Å². The van der Waals surface area contributed by atoms with E-state index in [1.807, 2.05) is 50.2 Å². The van der Waals surface area contributed by atoms with Gasteiger partial charge in [0.2, 0.25) is 0 Å². The normalized spacial score (nSPS) is 9.96. The lowest BCUT2D eigenvalue weighted by molar-refractivity contribution is -0.123. The fraction of sp³-hybridized carbons (Fsp3) is 0.176. The molecule has 0 aromatic heterocycles. The topological polar surface area (TPSA) is 62.4 Å². The Bertz CT molecular complexity index is 752. The molecule has 2 rings (SSSR count). The highest BCUT2D eigenvalue weighted by Crippen LogP contribution is 2.19. The van der Waals surface area contributed by atoms with Crippen LogP contribution in [-0.2, 0) is 4.79 Å². The fourth-order valence-corrected chi connectivity index (χ4v) is 2.21. The smallest absolute Gasteiger partial charge is 0.276 e. The summed E-state index contributed by atoms with van der Waals surface area (Å²) >= 11 is 11.2. The Hall–Kier alpha value is -2.31. The molecular formula is C17H18ClN3O2S.